The van der Waals surface area contributed by atoms with Crippen LogP contribution in [-0.2, 0) is 16.9 Å². The topological polar surface area (TPSA) is 93.5 Å². The van der Waals surface area contributed by atoms with E-state index in [9.17, 15) is 19.3 Å². The van der Waals surface area contributed by atoms with Gasteiger partial charge in [-0.15, -0.1) is 0 Å². The van der Waals surface area contributed by atoms with Gasteiger partial charge in [0.05, 0.1) is 16.0 Å². The van der Waals surface area contributed by atoms with Crippen LogP contribution in [0.25, 0.3) is 0 Å². The molecule has 0 aromatic heterocycles. The lowest BCUT2D eigenvalue weighted by Gasteiger charge is -2.25. The molecule has 0 saturated carbocycles. The number of halogens is 3. The molecule has 7 nitrogen and oxygen atoms in total. The molecule has 2 N–H and O–H groups in total. The number of fused-ring (bicyclic) bond motifs is 2. The van der Waals surface area contributed by atoms with Gasteiger partial charge in [-0.1, -0.05) is 53.5 Å². The predicted molar refractivity (Wildman–Crippen MR) is 130 cm³/mol. The summed E-state index contributed by atoms with van der Waals surface area (Å²) in [5.74, 6) is -1.38. The second-order valence-corrected chi connectivity index (χ2v) is 9.54. The number of hydrogen-bond acceptors (Lipinski definition) is 5. The van der Waals surface area contributed by atoms with Crippen LogP contribution in [-0.4, -0.2) is 22.9 Å². The molecule has 10 heteroatoms. The molecular weight excluding hydrogens is 496 g/mol. The van der Waals surface area contributed by atoms with Crippen LogP contribution in [0.15, 0.2) is 60.7 Å². The van der Waals surface area contributed by atoms with Gasteiger partial charge in [-0.25, -0.2) is 4.39 Å². The largest absolute Gasteiger partial charge is 0.486 e. The summed E-state index contributed by atoms with van der Waals surface area (Å²) in [6.45, 7) is 1.83. The van der Waals surface area contributed by atoms with Crippen molar-refractivity contribution in [2.45, 2.75) is 37.1 Å². The zero-order chi connectivity index (χ0) is 24.9. The fraction of sp³-hybridized carbons (Fsp3) is 0.240. The number of carbonyl (C=O) groups excluding carboxylic acids is 1. The van der Waals surface area contributed by atoms with Crippen LogP contribution in [0.3, 0.4) is 0 Å². The van der Waals surface area contributed by atoms with Crippen LogP contribution in [0.4, 0.5) is 10.1 Å². The maximum Gasteiger partial charge on any atom is 0.256 e. The van der Waals surface area contributed by atoms with Gasteiger partial charge in [0.25, 0.3) is 11.9 Å². The minimum Gasteiger partial charge on any atom is -0.486 e. The Morgan fingerprint density at radius 1 is 1.11 bits per heavy atom. The van der Waals surface area contributed by atoms with Crippen molar-refractivity contribution in [3.63, 3.8) is 0 Å². The van der Waals surface area contributed by atoms with Crippen LogP contribution in [0.5, 0.6) is 5.75 Å². The van der Waals surface area contributed by atoms with E-state index >= 15 is 0 Å². The number of benzene rings is 3. The van der Waals surface area contributed by atoms with Gasteiger partial charge < -0.3 is 10.1 Å². The van der Waals surface area contributed by atoms with E-state index in [1.807, 2.05) is 0 Å². The van der Waals surface area contributed by atoms with Gasteiger partial charge >= 0.3 is 0 Å². The highest BCUT2D eigenvalue weighted by Gasteiger charge is 2.67. The van der Waals surface area contributed by atoms with Gasteiger partial charge in [0.2, 0.25) is 0 Å². The first-order valence-corrected chi connectivity index (χ1v) is 11.7. The Morgan fingerprint density at radius 2 is 1.83 bits per heavy atom. The van der Waals surface area contributed by atoms with Crippen molar-refractivity contribution in [2.75, 3.05) is 5.32 Å². The molecule has 1 spiro atoms. The summed E-state index contributed by atoms with van der Waals surface area (Å²) in [5, 5.41) is 18.7. The van der Waals surface area contributed by atoms with Gasteiger partial charge in [-0.05, 0) is 48.4 Å². The molecule has 4 atom stereocenters. The molecule has 0 bridgehead atoms. The lowest BCUT2D eigenvalue weighted by molar-refractivity contribution is -0.532. The number of hydrogen-bond donors (Lipinski definition) is 2. The fourth-order valence-electron chi connectivity index (χ4n) is 5.25. The molecule has 5 rings (SSSR count). The summed E-state index contributed by atoms with van der Waals surface area (Å²) in [6, 6.07) is 14.3. The van der Waals surface area contributed by atoms with Crippen molar-refractivity contribution >= 4 is 34.8 Å². The van der Waals surface area contributed by atoms with Crippen LogP contribution in [0.2, 0.25) is 10.0 Å². The molecule has 180 valence electrons. The van der Waals surface area contributed by atoms with Gasteiger partial charge in [-0.2, -0.15) is 0 Å². The number of ether oxygens (including phenoxy) is 1. The Kier molecular flexibility index (Phi) is 5.91. The van der Waals surface area contributed by atoms with E-state index in [2.05, 4.69) is 10.6 Å². The van der Waals surface area contributed by atoms with E-state index in [-0.39, 0.29) is 22.4 Å². The number of carbonyl (C=O) groups is 1. The number of rotatable bonds is 5. The molecule has 2 aliphatic rings. The van der Waals surface area contributed by atoms with Gasteiger partial charge in [0, 0.05) is 22.2 Å². The van der Waals surface area contributed by atoms with Crippen LogP contribution in [0.1, 0.15) is 29.5 Å². The molecule has 0 radical (unpaired) electrons. The normalized spacial score (nSPS) is 24.9. The fourth-order valence-corrected chi connectivity index (χ4v) is 5.86. The molecular formula is C25H20Cl2FN3O4. The highest BCUT2D eigenvalue weighted by Crippen LogP contribution is 2.50. The van der Waals surface area contributed by atoms with Gasteiger partial charge in [-0.3, -0.25) is 20.2 Å². The van der Waals surface area contributed by atoms with Crippen molar-refractivity contribution in [1.29, 1.82) is 0 Å². The van der Waals surface area contributed by atoms with Crippen LogP contribution >= 0.6 is 23.2 Å². The average molecular weight is 516 g/mol. The Hall–Kier alpha value is -3.20. The van der Waals surface area contributed by atoms with Crippen molar-refractivity contribution in [1.82, 2.24) is 5.32 Å². The molecule has 1 saturated heterocycles. The minimum absolute atomic E-state index is 0.0372. The first-order valence-electron chi connectivity index (χ1n) is 10.9. The number of nitro groups is 1. The lowest BCUT2D eigenvalue weighted by atomic mass is 9.78. The first-order chi connectivity index (χ1) is 16.7. The Bertz CT molecular complexity index is 1330. The minimum atomic E-state index is -1.53. The third-order valence-corrected chi connectivity index (χ3v) is 7.20. The van der Waals surface area contributed by atoms with E-state index in [1.165, 1.54) is 12.1 Å². The summed E-state index contributed by atoms with van der Waals surface area (Å²) < 4.78 is 19.2. The molecule has 2 aliphatic heterocycles. The zero-order valence-electron chi connectivity index (χ0n) is 18.4. The summed E-state index contributed by atoms with van der Waals surface area (Å²) in [6.07, 6.45) is 0. The third-order valence-electron chi connectivity index (χ3n) is 6.64. The Balaban J connectivity index is 1.51. The summed E-state index contributed by atoms with van der Waals surface area (Å²) in [4.78, 5) is 25.2. The third kappa shape index (κ3) is 3.82. The van der Waals surface area contributed by atoms with Crippen molar-refractivity contribution in [3.05, 3.63) is 103 Å². The standard InChI is InChI=1S/C25H20Cl2FN3O4/c1-13-21(23(31(33)34)25(30-13)17-7-2-3-8-20(17)29-24(25)32)15-10-18(26)22(19(27)11-15)35-12-14-5-4-6-16(28)9-14/h2-11,13,21,23,30H,12H2,1H3,(H,29,32)/t13-,21-,23-,25-/m0/s1. The summed E-state index contributed by atoms with van der Waals surface area (Å²) >= 11 is 13.0. The molecule has 1 fully saturated rings. The highest BCUT2D eigenvalue weighted by molar-refractivity contribution is 6.37. The Labute approximate surface area is 210 Å². The molecule has 3 aromatic carbocycles. The van der Waals surface area contributed by atoms with Gasteiger partial charge in [0.1, 0.15) is 12.4 Å². The van der Waals surface area contributed by atoms with Crippen LogP contribution < -0.4 is 15.4 Å². The zero-order valence-corrected chi connectivity index (χ0v) is 19.9. The van der Waals surface area contributed by atoms with E-state index < -0.39 is 40.2 Å². The average Bonchev–Trinajstić information content (AvgIpc) is 3.27. The Morgan fingerprint density at radius 3 is 2.51 bits per heavy atom. The second-order valence-electron chi connectivity index (χ2n) is 8.73. The number of para-hydroxylation sites is 1. The maximum absolute atomic E-state index is 13.5. The van der Waals surface area contributed by atoms with E-state index in [0.29, 0.717) is 22.4 Å². The SMILES string of the molecule is C[C@@H]1N[C@]2(C(=O)Nc3ccccc32)[C@@H]([N+](=O)[O-])[C@@H]1c1cc(Cl)c(OCc2cccc(F)c2)c(Cl)c1. The molecule has 3 aromatic rings. The monoisotopic (exact) mass is 515 g/mol. The number of amides is 1. The maximum atomic E-state index is 13.5. The van der Waals surface area contributed by atoms with Crippen molar-refractivity contribution < 1.29 is 18.8 Å². The first kappa shape index (κ1) is 23.5. The number of nitrogens with one attached hydrogen (secondary N) is 2. The lowest BCUT2D eigenvalue weighted by Crippen LogP contribution is -2.54. The quantitative estimate of drug-likeness (QED) is 0.356. The second kappa shape index (κ2) is 8.78. The van der Waals surface area contributed by atoms with Crippen molar-refractivity contribution in [2.24, 2.45) is 0 Å². The highest BCUT2D eigenvalue weighted by atomic mass is 35.5. The molecule has 0 aliphatic carbocycles. The molecule has 2 heterocycles. The molecule has 0 unspecified atom stereocenters. The van der Waals surface area contributed by atoms with E-state index in [1.54, 1.807) is 55.5 Å². The van der Waals surface area contributed by atoms with Crippen molar-refractivity contribution in [3.8, 4) is 5.75 Å². The van der Waals surface area contributed by atoms with Gasteiger partial charge in [0.15, 0.2) is 11.3 Å². The molecule has 35 heavy (non-hydrogen) atoms. The smallest absolute Gasteiger partial charge is 0.256 e. The van der Waals surface area contributed by atoms with E-state index in [0.717, 1.165) is 0 Å². The predicted octanol–water partition coefficient (Wildman–Crippen LogP) is 5.28. The van der Waals surface area contributed by atoms with Crippen LogP contribution in [0, 0.1) is 15.9 Å². The molecule has 1 amide bonds. The van der Waals surface area contributed by atoms with E-state index in [4.69, 9.17) is 27.9 Å². The summed E-state index contributed by atoms with van der Waals surface area (Å²) in [5.41, 5.74) is 0.649. The number of anilines is 1. The number of nitrogens with zero attached hydrogens (tertiary/aromatic N) is 1. The summed E-state index contributed by atoms with van der Waals surface area (Å²) in [7, 11) is 0.